The first kappa shape index (κ1) is 17.4. The number of likely N-dealkylation sites (N-methyl/N-ethyl adjacent to an activating group) is 1. The second-order valence-corrected chi connectivity index (χ2v) is 6.07. The lowest BCUT2D eigenvalue weighted by molar-refractivity contribution is -0.160. The number of amides is 2. The Morgan fingerprint density at radius 2 is 1.83 bits per heavy atom. The molecule has 1 aromatic rings. The van der Waals surface area contributed by atoms with E-state index in [4.69, 9.17) is 0 Å². The number of alkyl halides is 2. The van der Waals surface area contributed by atoms with E-state index in [1.165, 1.54) is 11.8 Å². The van der Waals surface area contributed by atoms with Crippen molar-refractivity contribution in [1.29, 1.82) is 0 Å². The number of nitrogens with zero attached hydrogens (tertiary/aromatic N) is 2. The van der Waals surface area contributed by atoms with Crippen molar-refractivity contribution < 1.29 is 18.4 Å². The molecule has 0 radical (unpaired) electrons. The first-order valence-electron chi connectivity index (χ1n) is 7.74. The lowest BCUT2D eigenvalue weighted by atomic mass is 9.78. The Morgan fingerprint density at radius 1 is 1.26 bits per heavy atom. The van der Waals surface area contributed by atoms with Crippen LogP contribution >= 0.6 is 0 Å². The van der Waals surface area contributed by atoms with E-state index in [1.54, 1.807) is 45.2 Å². The van der Waals surface area contributed by atoms with Gasteiger partial charge in [-0.15, -0.1) is 0 Å². The summed E-state index contributed by atoms with van der Waals surface area (Å²) in [5.41, 5.74) is -0.247. The molecular formula is C17H22F2N2O2. The summed E-state index contributed by atoms with van der Waals surface area (Å²) in [7, 11) is 1.57. The van der Waals surface area contributed by atoms with E-state index in [-0.39, 0.29) is 13.1 Å². The van der Waals surface area contributed by atoms with Crippen LogP contribution in [0.3, 0.4) is 0 Å². The lowest BCUT2D eigenvalue weighted by Crippen LogP contribution is -2.49. The monoisotopic (exact) mass is 324 g/mol. The molecule has 0 bridgehead atoms. The molecule has 0 saturated heterocycles. The highest BCUT2D eigenvalue weighted by Gasteiger charge is 2.55. The third kappa shape index (κ3) is 2.71. The summed E-state index contributed by atoms with van der Waals surface area (Å²) in [5.74, 6) is -5.22. The van der Waals surface area contributed by atoms with Crippen LogP contribution < -0.4 is 4.90 Å². The van der Waals surface area contributed by atoms with E-state index in [9.17, 15) is 18.4 Å². The fourth-order valence-corrected chi connectivity index (χ4v) is 3.26. The zero-order valence-electron chi connectivity index (χ0n) is 13.9. The Labute approximate surface area is 135 Å². The normalized spacial score (nSPS) is 20.6. The number of benzene rings is 1. The van der Waals surface area contributed by atoms with Gasteiger partial charge in [-0.3, -0.25) is 9.59 Å². The third-order valence-electron chi connectivity index (χ3n) is 4.58. The van der Waals surface area contributed by atoms with Gasteiger partial charge in [0.25, 0.3) is 5.91 Å². The van der Waals surface area contributed by atoms with Crippen LogP contribution in [0.25, 0.3) is 0 Å². The maximum atomic E-state index is 14.6. The molecule has 0 aromatic heterocycles. The molecule has 0 aliphatic carbocycles. The molecule has 1 unspecified atom stereocenters. The summed E-state index contributed by atoms with van der Waals surface area (Å²) < 4.78 is 29.1. The Bertz CT molecular complexity index is 629. The van der Waals surface area contributed by atoms with Crippen molar-refractivity contribution in [2.45, 2.75) is 38.5 Å². The van der Waals surface area contributed by atoms with E-state index >= 15 is 0 Å². The quantitative estimate of drug-likeness (QED) is 0.836. The Balaban J connectivity index is 2.38. The molecule has 1 aliphatic heterocycles. The molecular weight excluding hydrogens is 302 g/mol. The maximum absolute atomic E-state index is 14.6. The number of hydrogen-bond donors (Lipinski definition) is 0. The molecule has 1 heterocycles. The highest BCUT2D eigenvalue weighted by Crippen LogP contribution is 2.46. The minimum Gasteiger partial charge on any atom is -0.338 e. The Hall–Kier alpha value is -1.98. The molecule has 2 rings (SSSR count). The van der Waals surface area contributed by atoms with Gasteiger partial charge in [-0.05, 0) is 32.4 Å². The van der Waals surface area contributed by atoms with Crippen molar-refractivity contribution in [3.8, 4) is 0 Å². The minimum absolute atomic E-state index is 0.214. The van der Waals surface area contributed by atoms with Crippen molar-refractivity contribution in [1.82, 2.24) is 4.90 Å². The van der Waals surface area contributed by atoms with Crippen LogP contribution in [-0.2, 0) is 15.0 Å². The van der Waals surface area contributed by atoms with Gasteiger partial charge in [0.1, 0.15) is 0 Å². The zero-order chi connectivity index (χ0) is 17.4. The van der Waals surface area contributed by atoms with E-state index in [1.807, 2.05) is 0 Å². The van der Waals surface area contributed by atoms with Crippen molar-refractivity contribution in [3.05, 3.63) is 29.8 Å². The summed E-state index contributed by atoms with van der Waals surface area (Å²) in [6.07, 6.45) is -0.824. The van der Waals surface area contributed by atoms with Gasteiger partial charge in [0.15, 0.2) is 0 Å². The first-order valence-corrected chi connectivity index (χ1v) is 7.74. The standard InChI is InChI=1S/C17H22F2N2O2/c1-5-21(6-2)15(23)17(18,19)11-16(3)12-9-7-8-10-13(12)20(4)14(16)22/h7-10H,5-6,11H2,1-4H3. The van der Waals surface area contributed by atoms with Gasteiger partial charge in [0.05, 0.1) is 5.41 Å². The average Bonchev–Trinajstić information content (AvgIpc) is 2.70. The molecule has 23 heavy (non-hydrogen) atoms. The Morgan fingerprint density at radius 3 is 2.39 bits per heavy atom. The second-order valence-electron chi connectivity index (χ2n) is 6.07. The van der Waals surface area contributed by atoms with E-state index in [0.717, 1.165) is 4.90 Å². The van der Waals surface area contributed by atoms with Crippen molar-refractivity contribution in [3.63, 3.8) is 0 Å². The number of rotatable bonds is 5. The van der Waals surface area contributed by atoms with Crippen LogP contribution in [0.5, 0.6) is 0 Å². The minimum atomic E-state index is -3.59. The first-order chi connectivity index (χ1) is 10.7. The van der Waals surface area contributed by atoms with Gasteiger partial charge in [0.2, 0.25) is 5.91 Å². The van der Waals surface area contributed by atoms with Crippen LogP contribution in [0, 0.1) is 0 Å². The molecule has 4 nitrogen and oxygen atoms in total. The fourth-order valence-electron chi connectivity index (χ4n) is 3.26. The van der Waals surface area contributed by atoms with Gasteiger partial charge in [-0.1, -0.05) is 18.2 Å². The number of halogens is 2. The number of carbonyl (C=O) groups excluding carboxylic acids is 2. The van der Waals surface area contributed by atoms with Gasteiger partial charge in [-0.25, -0.2) is 0 Å². The average molecular weight is 324 g/mol. The van der Waals surface area contributed by atoms with Gasteiger partial charge in [-0.2, -0.15) is 8.78 Å². The fraction of sp³-hybridized carbons (Fsp3) is 0.529. The molecule has 6 heteroatoms. The molecule has 0 saturated carbocycles. The van der Waals surface area contributed by atoms with Crippen LogP contribution in [0.2, 0.25) is 0 Å². The number of para-hydroxylation sites is 1. The lowest BCUT2D eigenvalue weighted by Gasteiger charge is -2.30. The number of hydrogen-bond acceptors (Lipinski definition) is 2. The highest BCUT2D eigenvalue weighted by molar-refractivity contribution is 6.07. The van der Waals surface area contributed by atoms with Crippen molar-refractivity contribution >= 4 is 17.5 Å². The summed E-state index contributed by atoms with van der Waals surface area (Å²) in [5, 5.41) is 0. The number of fused-ring (bicyclic) bond motifs is 1. The summed E-state index contributed by atoms with van der Waals surface area (Å²) in [6, 6.07) is 6.87. The topological polar surface area (TPSA) is 40.6 Å². The molecule has 0 fully saturated rings. The summed E-state index contributed by atoms with van der Waals surface area (Å²) in [4.78, 5) is 27.1. The molecule has 1 atom stereocenters. The molecule has 1 aromatic carbocycles. The third-order valence-corrected chi connectivity index (χ3v) is 4.58. The predicted octanol–water partition coefficient (Wildman–Crippen LogP) is 2.81. The molecule has 1 aliphatic rings. The molecule has 2 amide bonds. The van der Waals surface area contributed by atoms with Gasteiger partial charge in [0, 0.05) is 32.2 Å². The summed E-state index contributed by atoms with van der Waals surface area (Å²) >= 11 is 0. The van der Waals surface area contributed by atoms with Gasteiger partial charge < -0.3 is 9.80 Å². The van der Waals surface area contributed by atoms with Crippen LogP contribution in [-0.4, -0.2) is 42.8 Å². The van der Waals surface area contributed by atoms with E-state index in [0.29, 0.717) is 11.3 Å². The van der Waals surface area contributed by atoms with Crippen molar-refractivity contribution in [2.24, 2.45) is 0 Å². The molecule has 126 valence electrons. The van der Waals surface area contributed by atoms with Crippen LogP contribution in [0.4, 0.5) is 14.5 Å². The summed E-state index contributed by atoms with van der Waals surface area (Å²) in [6.45, 7) is 5.23. The van der Waals surface area contributed by atoms with Crippen LogP contribution in [0.1, 0.15) is 32.8 Å². The molecule has 0 N–H and O–H groups in total. The number of anilines is 1. The number of carbonyl (C=O) groups is 2. The van der Waals surface area contributed by atoms with E-state index < -0.39 is 29.6 Å². The smallest absolute Gasteiger partial charge is 0.326 e. The Kier molecular flexibility index (Phi) is 4.46. The largest absolute Gasteiger partial charge is 0.338 e. The second kappa shape index (κ2) is 5.91. The highest BCUT2D eigenvalue weighted by atomic mass is 19.3. The van der Waals surface area contributed by atoms with Crippen molar-refractivity contribution in [2.75, 3.05) is 25.0 Å². The van der Waals surface area contributed by atoms with E-state index in [2.05, 4.69) is 0 Å². The SMILES string of the molecule is CCN(CC)C(=O)C(F)(F)CC1(C)C(=O)N(C)c2ccccc21. The predicted molar refractivity (Wildman–Crippen MR) is 84.7 cm³/mol. The maximum Gasteiger partial charge on any atom is 0.326 e. The van der Waals surface area contributed by atoms with Gasteiger partial charge >= 0.3 is 5.92 Å². The molecule has 0 spiro atoms. The van der Waals surface area contributed by atoms with Crippen LogP contribution in [0.15, 0.2) is 24.3 Å². The zero-order valence-corrected chi connectivity index (χ0v) is 13.9.